The predicted octanol–water partition coefficient (Wildman–Crippen LogP) is 2.34. The zero-order valence-electron chi connectivity index (χ0n) is 14.5. The van der Waals surface area contributed by atoms with Gasteiger partial charge in [0, 0.05) is 10.6 Å². The Morgan fingerprint density at radius 2 is 1.88 bits per heavy atom. The second-order valence-electron chi connectivity index (χ2n) is 6.53. The molecule has 5 nitrogen and oxygen atoms in total. The lowest BCUT2D eigenvalue weighted by molar-refractivity contribution is -0.828. The molecule has 0 saturated carbocycles. The van der Waals surface area contributed by atoms with Gasteiger partial charge in [-0.1, -0.05) is 23.7 Å². The number of aliphatic hydroxyl groups excluding tert-OH is 1. The van der Waals surface area contributed by atoms with Gasteiger partial charge in [0.15, 0.2) is 0 Å². The number of likely N-dealkylation sites (N-methyl/N-ethyl adjacent to an activating group) is 1. The Bertz CT molecular complexity index is 717. The Balaban J connectivity index is 1.96. The number of rotatable bonds is 7. The summed E-state index contributed by atoms with van der Waals surface area (Å²) in [4.78, 5) is 12.2. The van der Waals surface area contributed by atoms with Crippen LogP contribution in [0.15, 0.2) is 48.5 Å². The van der Waals surface area contributed by atoms with E-state index in [0.29, 0.717) is 18.2 Å². The number of nitrogens with two attached hydrogens (primary N) is 1. The monoisotopic (exact) mass is 363 g/mol. The third-order valence-corrected chi connectivity index (χ3v) is 4.14. The van der Waals surface area contributed by atoms with Gasteiger partial charge in [-0.25, -0.2) is 4.79 Å². The van der Waals surface area contributed by atoms with Crippen molar-refractivity contribution in [2.45, 2.75) is 19.2 Å². The maximum atomic E-state index is 12.2. The molecule has 1 unspecified atom stereocenters. The molecule has 0 saturated heterocycles. The maximum absolute atomic E-state index is 12.2. The topological polar surface area (TPSA) is 72.5 Å². The lowest BCUT2D eigenvalue weighted by Gasteiger charge is -2.28. The average molecular weight is 364 g/mol. The van der Waals surface area contributed by atoms with Crippen LogP contribution in [0.5, 0.6) is 5.75 Å². The zero-order valence-corrected chi connectivity index (χ0v) is 15.2. The molecule has 3 N–H and O–H groups in total. The van der Waals surface area contributed by atoms with Crippen LogP contribution in [0, 0.1) is 0 Å². The number of aliphatic hydroxyl groups is 1. The Kier molecular flexibility index (Phi) is 6.56. The van der Waals surface area contributed by atoms with Gasteiger partial charge < -0.3 is 15.6 Å². The van der Waals surface area contributed by atoms with Crippen molar-refractivity contribution in [1.82, 2.24) is 0 Å². The third kappa shape index (κ3) is 5.54. The third-order valence-electron chi connectivity index (χ3n) is 3.91. The molecular formula is C19H24ClN2O3+. The van der Waals surface area contributed by atoms with Gasteiger partial charge in [0.05, 0.1) is 20.7 Å². The summed E-state index contributed by atoms with van der Waals surface area (Å²) in [7, 11) is 3.56. The molecule has 0 aliphatic heterocycles. The van der Waals surface area contributed by atoms with Crippen molar-refractivity contribution in [2.24, 2.45) is 5.73 Å². The summed E-state index contributed by atoms with van der Waals surface area (Å²) in [5.74, 6) is 0.538. The van der Waals surface area contributed by atoms with Crippen LogP contribution < -0.4 is 10.5 Å². The molecule has 2 aromatic rings. The average Bonchev–Trinajstić information content (AvgIpc) is 2.59. The number of nitrogens with zero attached hydrogens (tertiary/aromatic N) is 1. The first-order valence-electron chi connectivity index (χ1n) is 8.02. The van der Waals surface area contributed by atoms with Crippen LogP contribution in [-0.4, -0.2) is 42.2 Å². The summed E-state index contributed by atoms with van der Waals surface area (Å²) >= 11 is 5.96. The summed E-state index contributed by atoms with van der Waals surface area (Å²) in [6.07, 6.45) is 0. The summed E-state index contributed by atoms with van der Waals surface area (Å²) in [5.41, 5.74) is 7.62. The highest BCUT2D eigenvalue weighted by atomic mass is 35.5. The van der Waals surface area contributed by atoms with Crippen molar-refractivity contribution in [1.29, 1.82) is 0 Å². The van der Waals surface area contributed by atoms with Gasteiger partial charge in [0.25, 0.3) is 0 Å². The zero-order chi connectivity index (χ0) is 18.4. The van der Waals surface area contributed by atoms with E-state index < -0.39 is 6.04 Å². The van der Waals surface area contributed by atoms with E-state index in [0.717, 1.165) is 16.9 Å². The molecule has 1 amide bonds. The summed E-state index contributed by atoms with van der Waals surface area (Å²) in [6, 6.07) is 14.3. The minimum absolute atomic E-state index is 0.0739. The largest absolute Gasteiger partial charge is 0.489 e. The number of amides is 1. The van der Waals surface area contributed by atoms with Crippen LogP contribution in [0.3, 0.4) is 0 Å². The van der Waals surface area contributed by atoms with Crippen molar-refractivity contribution < 1.29 is 19.1 Å². The van der Waals surface area contributed by atoms with Gasteiger partial charge in [-0.3, -0.25) is 4.48 Å². The first-order valence-corrected chi connectivity index (χ1v) is 8.39. The Morgan fingerprint density at radius 1 is 1.20 bits per heavy atom. The van der Waals surface area contributed by atoms with Crippen molar-refractivity contribution in [3.05, 3.63) is 64.7 Å². The van der Waals surface area contributed by atoms with Gasteiger partial charge in [-0.05, 0) is 42.0 Å². The summed E-state index contributed by atoms with van der Waals surface area (Å²) < 4.78 is 5.83. The van der Waals surface area contributed by atoms with Crippen LogP contribution in [0.2, 0.25) is 5.02 Å². The quantitative estimate of drug-likeness (QED) is 0.741. The predicted molar refractivity (Wildman–Crippen MR) is 98.1 cm³/mol. The van der Waals surface area contributed by atoms with E-state index in [1.165, 1.54) is 0 Å². The number of benzene rings is 2. The van der Waals surface area contributed by atoms with Crippen molar-refractivity contribution in [3.8, 4) is 5.75 Å². The molecule has 0 aliphatic carbocycles. The molecular weight excluding hydrogens is 340 g/mol. The van der Waals surface area contributed by atoms with E-state index in [9.17, 15) is 4.79 Å². The van der Waals surface area contributed by atoms with Gasteiger partial charge in [-0.2, -0.15) is 0 Å². The number of hydrogen-bond acceptors (Lipinski definition) is 4. The molecule has 1 atom stereocenters. The van der Waals surface area contributed by atoms with E-state index in [1.807, 2.05) is 48.5 Å². The highest BCUT2D eigenvalue weighted by Gasteiger charge is 2.31. The van der Waals surface area contributed by atoms with Crippen molar-refractivity contribution in [2.75, 3.05) is 20.7 Å². The highest BCUT2D eigenvalue weighted by molar-refractivity contribution is 6.30. The first-order chi connectivity index (χ1) is 11.8. The van der Waals surface area contributed by atoms with Crippen molar-refractivity contribution in [3.63, 3.8) is 0 Å². The van der Waals surface area contributed by atoms with Crippen LogP contribution in [0.25, 0.3) is 0 Å². The molecule has 6 heteroatoms. The second kappa shape index (κ2) is 8.45. The molecule has 0 heterocycles. The number of quaternary nitrogens is 1. The number of ether oxygens (including phenoxy) is 1. The number of carbonyl (C=O) groups excluding carboxylic acids is 1. The van der Waals surface area contributed by atoms with Gasteiger partial charge in [-0.15, -0.1) is 0 Å². The van der Waals surface area contributed by atoms with E-state index >= 15 is 0 Å². The van der Waals surface area contributed by atoms with E-state index in [4.69, 9.17) is 27.2 Å². The molecule has 0 aliphatic rings. The van der Waals surface area contributed by atoms with E-state index in [-0.39, 0.29) is 17.0 Å². The fraction of sp³-hybridized carbons (Fsp3) is 0.316. The lowest BCUT2D eigenvalue weighted by atomic mass is 10.1. The molecule has 0 aromatic heterocycles. The molecule has 0 fully saturated rings. The number of hydrogen-bond donors (Lipinski definition) is 2. The Morgan fingerprint density at radius 3 is 2.48 bits per heavy atom. The van der Waals surface area contributed by atoms with E-state index in [1.54, 1.807) is 14.1 Å². The number of halogens is 1. The van der Waals surface area contributed by atoms with Gasteiger partial charge in [0.2, 0.25) is 0 Å². The van der Waals surface area contributed by atoms with E-state index in [2.05, 4.69) is 0 Å². The summed E-state index contributed by atoms with van der Waals surface area (Å²) in [5, 5.41) is 9.74. The second-order valence-corrected chi connectivity index (χ2v) is 6.97. The number of carbonyl (C=O) groups is 1. The highest BCUT2D eigenvalue weighted by Crippen LogP contribution is 2.18. The lowest BCUT2D eigenvalue weighted by Crippen LogP contribution is -2.54. The molecule has 2 rings (SSSR count). The minimum atomic E-state index is -0.865. The van der Waals surface area contributed by atoms with Gasteiger partial charge >= 0.3 is 5.91 Å². The smallest absolute Gasteiger partial charge is 0.332 e. The van der Waals surface area contributed by atoms with Crippen LogP contribution in [-0.2, 0) is 17.9 Å². The normalized spacial score (nSPS) is 12.7. The standard InChI is InChI=1S/C19H24ClN2O3/c1-22(2,19(24)18(21)12-23)11-14-6-8-17(9-7-14)25-13-15-4-3-5-16(20)10-15/h3-10,18,23H,11-13,21H2,1-2H3/q+1. The molecule has 25 heavy (non-hydrogen) atoms. The molecule has 0 bridgehead atoms. The fourth-order valence-corrected chi connectivity index (χ4v) is 2.76. The maximum Gasteiger partial charge on any atom is 0.332 e. The van der Waals surface area contributed by atoms with Crippen LogP contribution in [0.1, 0.15) is 11.1 Å². The fourth-order valence-electron chi connectivity index (χ4n) is 2.55. The first kappa shape index (κ1) is 19.4. The van der Waals surface area contributed by atoms with Crippen molar-refractivity contribution >= 4 is 17.5 Å². The SMILES string of the molecule is C[N+](C)(Cc1ccc(OCc2cccc(Cl)c2)cc1)C(=O)C(N)CO. The molecule has 0 spiro atoms. The molecule has 2 aromatic carbocycles. The summed E-state index contributed by atoms with van der Waals surface area (Å²) in [6.45, 7) is 0.573. The van der Waals surface area contributed by atoms with Gasteiger partial charge in [0.1, 0.15) is 24.9 Å². The molecule has 134 valence electrons. The molecule has 0 radical (unpaired) electrons. The Labute approximate surface area is 153 Å². The van der Waals surface area contributed by atoms with Crippen LogP contribution >= 0.6 is 11.6 Å². The Hall–Kier alpha value is -1.92. The van der Waals surface area contributed by atoms with Crippen LogP contribution in [0.4, 0.5) is 0 Å². The minimum Gasteiger partial charge on any atom is -0.489 e.